The Bertz CT molecular complexity index is 4750. The van der Waals surface area contributed by atoms with Crippen LogP contribution < -0.4 is 0 Å². The van der Waals surface area contributed by atoms with Gasteiger partial charge in [-0.15, -0.1) is 11.3 Å². The van der Waals surface area contributed by atoms with E-state index in [4.69, 9.17) is 8.83 Å². The Labute approximate surface area is 360 Å². The second-order valence-electron chi connectivity index (χ2n) is 17.2. The van der Waals surface area contributed by atoms with Crippen molar-refractivity contribution in [2.45, 2.75) is 0 Å². The van der Waals surface area contributed by atoms with Gasteiger partial charge in [-0.25, -0.2) is 0 Å². The van der Waals surface area contributed by atoms with Crippen LogP contribution in [-0.2, 0) is 0 Å². The quantitative estimate of drug-likeness (QED) is 0.155. The molecule has 9 aromatic carbocycles. The third-order valence-corrected chi connectivity index (χ3v) is 15.2. The number of furan rings is 2. The molecule has 0 atom stereocenters. The molecular weight excluding hydrogens is 789 g/mol. The normalized spacial score (nSPS) is 12.8. The van der Waals surface area contributed by atoms with E-state index in [9.17, 15) is 0 Å². The fourth-order valence-electron chi connectivity index (χ4n) is 11.4. The Morgan fingerprint density at radius 1 is 0.349 bits per heavy atom. The van der Waals surface area contributed by atoms with Crippen LogP contribution in [0.3, 0.4) is 0 Å². The third kappa shape index (κ3) is 4.02. The van der Waals surface area contributed by atoms with Crippen LogP contribution in [0.5, 0.6) is 0 Å². The van der Waals surface area contributed by atoms with Gasteiger partial charge in [0.15, 0.2) is 5.58 Å². The van der Waals surface area contributed by atoms with Gasteiger partial charge in [-0.3, -0.25) is 0 Å². The van der Waals surface area contributed by atoms with Crippen molar-refractivity contribution in [3.8, 4) is 11.1 Å². The van der Waals surface area contributed by atoms with E-state index >= 15 is 0 Å². The van der Waals surface area contributed by atoms with Crippen LogP contribution in [-0.4, -0.2) is 8.80 Å². The number of hydrogen-bond donors (Lipinski definition) is 0. The van der Waals surface area contributed by atoms with Gasteiger partial charge < -0.3 is 17.6 Å². The fourth-order valence-corrected chi connectivity index (χ4v) is 12.6. The van der Waals surface area contributed by atoms with Crippen molar-refractivity contribution in [1.82, 2.24) is 8.80 Å². The average Bonchev–Trinajstić information content (AvgIpc) is 4.16. The van der Waals surface area contributed by atoms with Crippen LogP contribution in [0.1, 0.15) is 0 Å². The SMILES string of the molecule is c1ccc2c(c1)cn1c3c(-c4ccc5c(c4)c4ccc6c7ccccc7oc6c4n4cc6ccccc6c54)cc4c5ccccc5oc4c3c3c(ccc4c5ccccc5sc43)c21. The van der Waals surface area contributed by atoms with Crippen molar-refractivity contribution in [3.05, 3.63) is 182 Å². The molecule has 0 aliphatic carbocycles. The number of benzene rings is 9. The number of rotatable bonds is 1. The molecule has 0 spiro atoms. The van der Waals surface area contributed by atoms with Crippen LogP contribution in [0.4, 0.5) is 0 Å². The Morgan fingerprint density at radius 3 is 1.68 bits per heavy atom. The summed E-state index contributed by atoms with van der Waals surface area (Å²) in [4.78, 5) is 0. The minimum absolute atomic E-state index is 0.891. The molecule has 16 aromatic rings. The lowest BCUT2D eigenvalue weighted by Crippen LogP contribution is -1.95. The lowest BCUT2D eigenvalue weighted by atomic mass is 9.92. The topological polar surface area (TPSA) is 35.1 Å². The van der Waals surface area contributed by atoms with Crippen LogP contribution >= 0.6 is 11.3 Å². The molecule has 0 saturated carbocycles. The zero-order valence-electron chi connectivity index (χ0n) is 33.4. The predicted octanol–water partition coefficient (Wildman–Crippen LogP) is 16.9. The first-order valence-electron chi connectivity index (χ1n) is 21.5. The third-order valence-electron chi connectivity index (χ3n) is 14.0. The van der Waals surface area contributed by atoms with Gasteiger partial charge in [0.25, 0.3) is 0 Å². The number of fused-ring (bicyclic) bond motifs is 28. The molecule has 0 radical (unpaired) electrons. The zero-order chi connectivity index (χ0) is 40.7. The zero-order valence-corrected chi connectivity index (χ0v) is 34.3. The Kier molecular flexibility index (Phi) is 5.91. The summed E-state index contributed by atoms with van der Waals surface area (Å²) in [5, 5.41) is 19.1. The largest absolute Gasteiger partial charge is 0.455 e. The Hall–Kier alpha value is -8.12. The van der Waals surface area contributed by atoms with Crippen molar-refractivity contribution in [2.24, 2.45) is 0 Å². The molecule has 0 amide bonds. The molecule has 5 heteroatoms. The van der Waals surface area contributed by atoms with Gasteiger partial charge in [-0.2, -0.15) is 0 Å². The van der Waals surface area contributed by atoms with Gasteiger partial charge in [0.1, 0.15) is 16.7 Å². The summed E-state index contributed by atoms with van der Waals surface area (Å²) in [6.07, 6.45) is 4.62. The van der Waals surface area contributed by atoms with Crippen LogP contribution in [0.15, 0.2) is 191 Å². The second-order valence-corrected chi connectivity index (χ2v) is 18.2. The second kappa shape index (κ2) is 11.4. The molecule has 7 heterocycles. The van der Waals surface area contributed by atoms with Crippen molar-refractivity contribution in [3.63, 3.8) is 0 Å². The van der Waals surface area contributed by atoms with Gasteiger partial charge in [-0.05, 0) is 47.3 Å². The minimum Gasteiger partial charge on any atom is -0.455 e. The van der Waals surface area contributed by atoms with Crippen molar-refractivity contribution in [2.75, 3.05) is 0 Å². The van der Waals surface area contributed by atoms with Gasteiger partial charge in [0.05, 0.1) is 27.5 Å². The number of nitrogens with zero attached hydrogens (tertiary/aromatic N) is 2. The highest BCUT2D eigenvalue weighted by molar-refractivity contribution is 7.26. The summed E-state index contributed by atoms with van der Waals surface area (Å²) in [6.45, 7) is 0. The molecule has 4 nitrogen and oxygen atoms in total. The summed E-state index contributed by atoms with van der Waals surface area (Å²) in [5.74, 6) is 0. The maximum atomic E-state index is 7.06. The van der Waals surface area contributed by atoms with E-state index < -0.39 is 0 Å². The van der Waals surface area contributed by atoms with E-state index in [1.54, 1.807) is 0 Å². The standard InChI is InChI=1S/C58H30N2O2S/c1-3-13-34-33(12-1)30-60-52(34)39-22-21-31(27-45(39)40-23-24-41-36-15-5-8-18-47(36)62-57(41)55(40)60)44-28-46-37-16-6-9-19-48(37)61-56(46)51-50-43(26-25-42-38-17-7-10-20-49(38)63-58(42)50)53-35-14-4-2-11-32(35)29-59(53)54(44)51/h1-30H. The smallest absolute Gasteiger partial charge is 0.160 e. The number of hydrogen-bond acceptors (Lipinski definition) is 3. The van der Waals surface area contributed by atoms with Gasteiger partial charge in [0, 0.05) is 103 Å². The van der Waals surface area contributed by atoms with Crippen LogP contribution in [0, 0.1) is 0 Å². The molecule has 0 bridgehead atoms. The summed E-state index contributed by atoms with van der Waals surface area (Å²) in [7, 11) is 0. The van der Waals surface area contributed by atoms with Crippen molar-refractivity contribution in [1.29, 1.82) is 0 Å². The van der Waals surface area contributed by atoms with E-state index in [-0.39, 0.29) is 0 Å². The lowest BCUT2D eigenvalue weighted by Gasteiger charge is -2.17. The van der Waals surface area contributed by atoms with E-state index in [0.29, 0.717) is 0 Å². The maximum Gasteiger partial charge on any atom is 0.160 e. The monoisotopic (exact) mass is 818 g/mol. The molecule has 0 aliphatic rings. The highest BCUT2D eigenvalue weighted by Gasteiger charge is 2.25. The summed E-state index contributed by atoms with van der Waals surface area (Å²) in [6, 6.07) is 62.1. The molecule has 0 fully saturated rings. The summed E-state index contributed by atoms with van der Waals surface area (Å²) in [5.41, 5.74) is 10.5. The molecular formula is C58H30N2O2S. The number of para-hydroxylation sites is 2. The Balaban J connectivity index is 1.14. The molecule has 0 aliphatic heterocycles. The molecule has 63 heavy (non-hydrogen) atoms. The molecule has 0 saturated heterocycles. The number of aromatic nitrogens is 2. The highest BCUT2D eigenvalue weighted by atomic mass is 32.1. The van der Waals surface area contributed by atoms with Crippen LogP contribution in [0.25, 0.3) is 151 Å². The number of pyridine rings is 2. The first kappa shape index (κ1) is 32.6. The predicted molar refractivity (Wildman–Crippen MR) is 266 cm³/mol. The van der Waals surface area contributed by atoms with Gasteiger partial charge in [0.2, 0.25) is 0 Å². The van der Waals surface area contributed by atoms with E-state index in [1.165, 1.54) is 74.3 Å². The maximum absolute atomic E-state index is 7.06. The fraction of sp³-hybridized carbons (Fsp3) is 0. The van der Waals surface area contributed by atoms with E-state index in [2.05, 4.69) is 191 Å². The van der Waals surface area contributed by atoms with Crippen molar-refractivity contribution < 1.29 is 8.83 Å². The number of thiophene rings is 1. The average molecular weight is 819 g/mol. The Morgan fingerprint density at radius 2 is 0.905 bits per heavy atom. The van der Waals surface area contributed by atoms with E-state index in [1.807, 2.05) is 11.3 Å². The minimum atomic E-state index is 0.891. The first-order valence-corrected chi connectivity index (χ1v) is 22.3. The molecule has 0 unspecified atom stereocenters. The first-order chi connectivity index (χ1) is 31.2. The molecule has 0 N–H and O–H groups in total. The summed E-state index contributed by atoms with van der Waals surface area (Å²) >= 11 is 1.89. The molecule has 7 aromatic heterocycles. The highest BCUT2D eigenvalue weighted by Crippen LogP contribution is 2.50. The molecule has 290 valence electrons. The van der Waals surface area contributed by atoms with Gasteiger partial charge in [-0.1, -0.05) is 133 Å². The lowest BCUT2D eigenvalue weighted by molar-refractivity contribution is 0.671. The summed E-state index contributed by atoms with van der Waals surface area (Å²) < 4.78 is 21.3. The van der Waals surface area contributed by atoms with Gasteiger partial charge >= 0.3 is 0 Å². The van der Waals surface area contributed by atoms with Crippen molar-refractivity contribution >= 4 is 151 Å². The molecule has 16 rings (SSSR count). The van der Waals surface area contributed by atoms with Crippen LogP contribution in [0.2, 0.25) is 0 Å². The van der Waals surface area contributed by atoms with E-state index in [0.717, 1.165) is 76.8 Å².